The molecule has 1 unspecified atom stereocenters. The van der Waals surface area contributed by atoms with Crippen molar-refractivity contribution >= 4 is 10.0 Å². The first kappa shape index (κ1) is 13.9. The maximum absolute atomic E-state index is 12.0. The molecule has 1 aliphatic heterocycles. The van der Waals surface area contributed by atoms with Gasteiger partial charge in [-0.3, -0.25) is 0 Å². The van der Waals surface area contributed by atoms with Gasteiger partial charge in [0.25, 0.3) is 0 Å². The number of sulfonamides is 1. The SMILES string of the molecule is CC1CN(C)CCN1S(=O)(=O)CCCCO. The third-order valence-electron chi connectivity index (χ3n) is 2.94. The van der Waals surface area contributed by atoms with E-state index in [1.165, 1.54) is 0 Å². The summed E-state index contributed by atoms with van der Waals surface area (Å²) in [4.78, 5) is 2.14. The van der Waals surface area contributed by atoms with Crippen LogP contribution in [0.5, 0.6) is 0 Å². The lowest BCUT2D eigenvalue weighted by Crippen LogP contribution is -2.53. The molecule has 1 saturated heterocycles. The number of aliphatic hydroxyl groups excluding tert-OH is 1. The molecule has 1 fully saturated rings. The molecule has 0 aromatic carbocycles. The molecule has 0 amide bonds. The summed E-state index contributed by atoms with van der Waals surface area (Å²) in [6.45, 7) is 4.18. The summed E-state index contributed by atoms with van der Waals surface area (Å²) in [5, 5.41) is 8.65. The quantitative estimate of drug-likeness (QED) is 0.682. The molecule has 1 rings (SSSR count). The summed E-state index contributed by atoms with van der Waals surface area (Å²) in [7, 11) is -1.13. The van der Waals surface area contributed by atoms with E-state index in [1.807, 2.05) is 14.0 Å². The highest BCUT2D eigenvalue weighted by Gasteiger charge is 2.30. The molecule has 6 heteroatoms. The van der Waals surface area contributed by atoms with Crippen LogP contribution in [0.2, 0.25) is 0 Å². The summed E-state index contributed by atoms with van der Waals surface area (Å²) in [5.74, 6) is 0.154. The van der Waals surface area contributed by atoms with Gasteiger partial charge in [-0.2, -0.15) is 4.31 Å². The number of rotatable bonds is 5. The minimum Gasteiger partial charge on any atom is -0.396 e. The predicted octanol–water partition coefficient (Wildman–Crippen LogP) is -0.275. The Bertz CT molecular complexity index is 305. The van der Waals surface area contributed by atoms with Crippen LogP contribution in [0.3, 0.4) is 0 Å². The fourth-order valence-electron chi connectivity index (χ4n) is 2.05. The summed E-state index contributed by atoms with van der Waals surface area (Å²) >= 11 is 0. The third-order valence-corrected chi connectivity index (χ3v) is 5.00. The molecule has 0 radical (unpaired) electrons. The lowest BCUT2D eigenvalue weighted by Gasteiger charge is -2.37. The van der Waals surface area contributed by atoms with Gasteiger partial charge in [-0.25, -0.2) is 8.42 Å². The van der Waals surface area contributed by atoms with E-state index >= 15 is 0 Å². The molecular formula is C10H22N2O3S. The average molecular weight is 250 g/mol. The largest absolute Gasteiger partial charge is 0.396 e. The maximum Gasteiger partial charge on any atom is 0.214 e. The van der Waals surface area contributed by atoms with Gasteiger partial charge in [-0.05, 0) is 26.8 Å². The highest BCUT2D eigenvalue weighted by atomic mass is 32.2. The molecule has 1 aliphatic rings. The highest BCUT2D eigenvalue weighted by molar-refractivity contribution is 7.89. The number of unbranched alkanes of at least 4 members (excludes halogenated alkanes) is 1. The minimum atomic E-state index is -3.13. The smallest absolute Gasteiger partial charge is 0.214 e. The molecule has 1 N–H and O–H groups in total. The van der Waals surface area contributed by atoms with Gasteiger partial charge in [0.15, 0.2) is 0 Å². The third kappa shape index (κ3) is 3.69. The lowest BCUT2D eigenvalue weighted by molar-refractivity contribution is 0.170. The zero-order valence-electron chi connectivity index (χ0n) is 10.1. The van der Waals surface area contributed by atoms with Gasteiger partial charge in [-0.15, -0.1) is 0 Å². The van der Waals surface area contributed by atoms with Crippen molar-refractivity contribution < 1.29 is 13.5 Å². The second kappa shape index (κ2) is 5.95. The molecule has 96 valence electrons. The fourth-order valence-corrected chi connectivity index (χ4v) is 3.83. The predicted molar refractivity (Wildman–Crippen MR) is 63.8 cm³/mol. The first-order valence-electron chi connectivity index (χ1n) is 5.76. The Labute approximate surface area is 98.1 Å². The Morgan fingerprint density at radius 1 is 1.31 bits per heavy atom. The Kier molecular flexibility index (Phi) is 5.17. The summed E-state index contributed by atoms with van der Waals surface area (Å²) in [5.41, 5.74) is 0. The molecular weight excluding hydrogens is 228 g/mol. The van der Waals surface area contributed by atoms with Gasteiger partial charge in [0.2, 0.25) is 10.0 Å². The molecule has 0 bridgehead atoms. The van der Waals surface area contributed by atoms with Crippen molar-refractivity contribution in [3.05, 3.63) is 0 Å². The topological polar surface area (TPSA) is 60.9 Å². The number of nitrogens with zero attached hydrogens (tertiary/aromatic N) is 2. The van der Waals surface area contributed by atoms with Gasteiger partial charge in [0, 0.05) is 32.3 Å². The number of piperazine rings is 1. The monoisotopic (exact) mass is 250 g/mol. The van der Waals surface area contributed by atoms with E-state index in [-0.39, 0.29) is 18.4 Å². The van der Waals surface area contributed by atoms with Crippen molar-refractivity contribution in [3.8, 4) is 0 Å². The van der Waals surface area contributed by atoms with E-state index in [9.17, 15) is 8.42 Å². The van der Waals surface area contributed by atoms with E-state index < -0.39 is 10.0 Å². The molecule has 1 atom stereocenters. The molecule has 0 spiro atoms. The Hall–Kier alpha value is -0.170. The first-order chi connectivity index (χ1) is 7.47. The Morgan fingerprint density at radius 3 is 2.56 bits per heavy atom. The molecule has 0 aliphatic carbocycles. The fraction of sp³-hybridized carbons (Fsp3) is 1.00. The van der Waals surface area contributed by atoms with Crippen LogP contribution in [-0.2, 0) is 10.0 Å². The second-order valence-electron chi connectivity index (χ2n) is 4.47. The van der Waals surface area contributed by atoms with E-state index in [2.05, 4.69) is 4.90 Å². The molecule has 5 nitrogen and oxygen atoms in total. The number of hydrogen-bond donors (Lipinski definition) is 1. The molecule has 0 aromatic heterocycles. The van der Waals surface area contributed by atoms with Crippen molar-refractivity contribution in [2.24, 2.45) is 0 Å². The number of aliphatic hydroxyl groups is 1. The zero-order chi connectivity index (χ0) is 12.2. The number of hydrogen-bond acceptors (Lipinski definition) is 4. The Morgan fingerprint density at radius 2 is 2.00 bits per heavy atom. The van der Waals surface area contributed by atoms with E-state index in [1.54, 1.807) is 4.31 Å². The van der Waals surface area contributed by atoms with Crippen molar-refractivity contribution in [1.29, 1.82) is 0 Å². The average Bonchev–Trinajstić information content (AvgIpc) is 2.17. The Balaban J connectivity index is 2.54. The van der Waals surface area contributed by atoms with Gasteiger partial charge in [0.1, 0.15) is 0 Å². The van der Waals surface area contributed by atoms with Crippen LogP contribution in [0.25, 0.3) is 0 Å². The van der Waals surface area contributed by atoms with E-state index in [4.69, 9.17) is 5.11 Å². The second-order valence-corrected chi connectivity index (χ2v) is 6.51. The zero-order valence-corrected chi connectivity index (χ0v) is 10.9. The van der Waals surface area contributed by atoms with Gasteiger partial charge in [0.05, 0.1) is 5.75 Å². The molecule has 16 heavy (non-hydrogen) atoms. The van der Waals surface area contributed by atoms with Gasteiger partial charge in [-0.1, -0.05) is 0 Å². The van der Waals surface area contributed by atoms with Gasteiger partial charge < -0.3 is 10.0 Å². The molecule has 1 heterocycles. The van der Waals surface area contributed by atoms with Crippen LogP contribution in [0.1, 0.15) is 19.8 Å². The summed E-state index contributed by atoms with van der Waals surface area (Å²) in [6, 6.07) is 0.0536. The van der Waals surface area contributed by atoms with Crippen LogP contribution in [0.4, 0.5) is 0 Å². The minimum absolute atomic E-state index is 0.0536. The summed E-state index contributed by atoms with van der Waals surface area (Å²) in [6.07, 6.45) is 1.10. The van der Waals surface area contributed by atoms with Crippen molar-refractivity contribution in [2.45, 2.75) is 25.8 Å². The normalized spacial score (nSPS) is 24.8. The first-order valence-corrected chi connectivity index (χ1v) is 7.37. The van der Waals surface area contributed by atoms with Crippen molar-refractivity contribution in [3.63, 3.8) is 0 Å². The standard InChI is InChI=1S/C10H22N2O3S/c1-10-9-11(2)5-6-12(10)16(14,15)8-4-3-7-13/h10,13H,3-9H2,1-2H3. The summed E-state index contributed by atoms with van der Waals surface area (Å²) < 4.78 is 25.6. The molecule has 0 aromatic rings. The van der Waals surface area contributed by atoms with Gasteiger partial charge >= 0.3 is 0 Å². The van der Waals surface area contributed by atoms with Crippen molar-refractivity contribution in [2.75, 3.05) is 39.0 Å². The van der Waals surface area contributed by atoms with Crippen molar-refractivity contribution in [1.82, 2.24) is 9.21 Å². The van der Waals surface area contributed by atoms with Crippen LogP contribution in [-0.4, -0.2) is 67.8 Å². The van der Waals surface area contributed by atoms with E-state index in [0.29, 0.717) is 19.4 Å². The van der Waals surface area contributed by atoms with Crippen LogP contribution >= 0.6 is 0 Å². The van der Waals surface area contributed by atoms with E-state index in [0.717, 1.165) is 13.1 Å². The van der Waals surface area contributed by atoms with Crippen LogP contribution in [0, 0.1) is 0 Å². The maximum atomic E-state index is 12.0. The molecule has 0 saturated carbocycles. The van der Waals surface area contributed by atoms with Crippen LogP contribution < -0.4 is 0 Å². The highest BCUT2D eigenvalue weighted by Crippen LogP contribution is 2.14. The van der Waals surface area contributed by atoms with Crippen LogP contribution in [0.15, 0.2) is 0 Å². The lowest BCUT2D eigenvalue weighted by atomic mass is 10.2. The number of likely N-dealkylation sites (N-methyl/N-ethyl adjacent to an activating group) is 1.